The molecule has 1 aromatic carbocycles. The third kappa shape index (κ3) is 5.58. The molecule has 1 amide bonds. The molecule has 0 spiro atoms. The summed E-state index contributed by atoms with van der Waals surface area (Å²) >= 11 is 1.46. The van der Waals surface area contributed by atoms with Crippen molar-refractivity contribution in [3.63, 3.8) is 0 Å². The number of pyridine rings is 1. The fourth-order valence-corrected chi connectivity index (χ4v) is 5.56. The molecule has 2 aromatic rings. The van der Waals surface area contributed by atoms with Gasteiger partial charge in [0.15, 0.2) is 0 Å². The number of carbonyl (C=O) groups is 1. The fraction of sp³-hybridized carbons (Fsp3) is 0.455. The first kappa shape index (κ1) is 23.6. The quantitative estimate of drug-likeness (QED) is 0.605. The predicted molar refractivity (Wildman–Crippen MR) is 122 cm³/mol. The number of piperidine rings is 1. The van der Waals surface area contributed by atoms with Crippen molar-refractivity contribution >= 4 is 27.7 Å². The molecule has 2 heterocycles. The van der Waals surface area contributed by atoms with Gasteiger partial charge in [0, 0.05) is 25.8 Å². The van der Waals surface area contributed by atoms with Gasteiger partial charge < -0.3 is 9.64 Å². The lowest BCUT2D eigenvalue weighted by atomic mass is 9.97. The third-order valence-corrected chi connectivity index (χ3v) is 7.74. The number of hydrogen-bond acceptors (Lipinski definition) is 6. The average Bonchev–Trinajstić information content (AvgIpc) is 2.82. The molecular weight excluding hydrogens is 434 g/mol. The van der Waals surface area contributed by atoms with Gasteiger partial charge >= 0.3 is 0 Å². The highest BCUT2D eigenvalue weighted by Gasteiger charge is 2.27. The monoisotopic (exact) mass is 463 g/mol. The molecule has 7 nitrogen and oxygen atoms in total. The van der Waals surface area contributed by atoms with E-state index < -0.39 is 10.0 Å². The second-order valence-electron chi connectivity index (χ2n) is 7.49. The van der Waals surface area contributed by atoms with E-state index in [1.54, 1.807) is 30.5 Å². The van der Waals surface area contributed by atoms with Gasteiger partial charge in [-0.05, 0) is 61.3 Å². The molecule has 0 radical (unpaired) electrons. The van der Waals surface area contributed by atoms with Crippen LogP contribution < -0.4 is 9.46 Å². The van der Waals surface area contributed by atoms with Gasteiger partial charge in [-0.15, -0.1) is 11.8 Å². The molecule has 1 aliphatic rings. The number of rotatable bonds is 8. The van der Waals surface area contributed by atoms with Crippen molar-refractivity contribution < 1.29 is 17.9 Å². The third-order valence-electron chi connectivity index (χ3n) is 5.58. The van der Waals surface area contributed by atoms with Crippen LogP contribution in [-0.2, 0) is 16.4 Å². The van der Waals surface area contributed by atoms with Crippen LogP contribution in [0.5, 0.6) is 5.75 Å². The van der Waals surface area contributed by atoms with Crippen molar-refractivity contribution in [1.29, 1.82) is 0 Å². The van der Waals surface area contributed by atoms with E-state index in [1.165, 1.54) is 18.9 Å². The molecule has 0 saturated carbocycles. The molecule has 3 rings (SSSR count). The predicted octanol–water partition coefficient (Wildman–Crippen LogP) is 3.21. The topological polar surface area (TPSA) is 88.6 Å². The number of methoxy groups -OCH3 is 1. The molecule has 1 saturated heterocycles. The molecule has 1 fully saturated rings. The lowest BCUT2D eigenvalue weighted by Crippen LogP contribution is -2.41. The number of sulfonamides is 1. The van der Waals surface area contributed by atoms with Gasteiger partial charge in [-0.1, -0.05) is 13.0 Å². The Kier molecular flexibility index (Phi) is 7.96. The second-order valence-corrected chi connectivity index (χ2v) is 10.0. The lowest BCUT2D eigenvalue weighted by Gasteiger charge is -2.32. The minimum atomic E-state index is -3.68. The second kappa shape index (κ2) is 10.5. The number of aryl methyl sites for hydroxylation is 1. The number of nitrogens with one attached hydrogen (secondary N) is 1. The average molecular weight is 464 g/mol. The largest absolute Gasteiger partial charge is 0.495 e. The fourth-order valence-electron chi connectivity index (χ4n) is 3.68. The van der Waals surface area contributed by atoms with E-state index in [4.69, 9.17) is 4.74 Å². The van der Waals surface area contributed by atoms with Gasteiger partial charge in [-0.3, -0.25) is 4.79 Å². The Morgan fingerprint density at radius 3 is 2.68 bits per heavy atom. The van der Waals surface area contributed by atoms with E-state index in [0.29, 0.717) is 30.9 Å². The molecule has 1 aromatic heterocycles. The van der Waals surface area contributed by atoms with E-state index in [1.807, 2.05) is 24.1 Å². The summed E-state index contributed by atoms with van der Waals surface area (Å²) in [6.45, 7) is 3.52. The zero-order valence-electron chi connectivity index (χ0n) is 18.1. The first-order valence-electron chi connectivity index (χ1n) is 10.3. The summed E-state index contributed by atoms with van der Waals surface area (Å²) in [7, 11) is -2.21. The summed E-state index contributed by atoms with van der Waals surface area (Å²) in [6.07, 6.45) is 5.83. The Bertz CT molecular complexity index is 1020. The van der Waals surface area contributed by atoms with Crippen LogP contribution in [0.15, 0.2) is 46.5 Å². The molecule has 168 valence electrons. The van der Waals surface area contributed by atoms with Crippen LogP contribution >= 0.6 is 11.8 Å². The van der Waals surface area contributed by atoms with Crippen LogP contribution in [0.4, 0.5) is 0 Å². The Morgan fingerprint density at radius 1 is 1.29 bits per heavy atom. The van der Waals surface area contributed by atoms with Gasteiger partial charge in [0.2, 0.25) is 10.0 Å². The summed E-state index contributed by atoms with van der Waals surface area (Å²) in [4.78, 5) is 19.1. The SMILES string of the molecule is CCc1ccc(OC)c(S(=O)(=O)NCC2CCN(C(=O)c3cccnc3SC)CC2)c1. The maximum atomic E-state index is 12.9. The van der Waals surface area contributed by atoms with Crippen molar-refractivity contribution in [2.75, 3.05) is 33.0 Å². The van der Waals surface area contributed by atoms with E-state index in [-0.39, 0.29) is 16.7 Å². The number of aromatic nitrogens is 1. The molecule has 1 aliphatic heterocycles. The van der Waals surface area contributed by atoms with Gasteiger partial charge in [0.05, 0.1) is 12.7 Å². The van der Waals surface area contributed by atoms with Crippen molar-refractivity contribution in [1.82, 2.24) is 14.6 Å². The van der Waals surface area contributed by atoms with Crippen molar-refractivity contribution in [3.05, 3.63) is 47.7 Å². The normalized spacial score (nSPS) is 15.1. The summed E-state index contributed by atoms with van der Waals surface area (Å²) < 4.78 is 33.8. The summed E-state index contributed by atoms with van der Waals surface area (Å²) in [5.41, 5.74) is 1.56. The maximum absolute atomic E-state index is 12.9. The first-order chi connectivity index (χ1) is 14.9. The van der Waals surface area contributed by atoms with E-state index in [9.17, 15) is 13.2 Å². The number of benzene rings is 1. The molecule has 9 heteroatoms. The van der Waals surface area contributed by atoms with Gasteiger partial charge in [0.25, 0.3) is 5.91 Å². The Hall–Kier alpha value is -2.10. The number of likely N-dealkylation sites (tertiary alicyclic amines) is 1. The number of thioether (sulfide) groups is 1. The Morgan fingerprint density at radius 2 is 2.03 bits per heavy atom. The van der Waals surface area contributed by atoms with E-state index >= 15 is 0 Å². The van der Waals surface area contributed by atoms with E-state index in [2.05, 4.69) is 9.71 Å². The molecular formula is C22H29N3O4S2. The van der Waals surface area contributed by atoms with Gasteiger partial charge in [0.1, 0.15) is 15.7 Å². The van der Waals surface area contributed by atoms with Crippen molar-refractivity contribution in [2.45, 2.75) is 36.1 Å². The molecule has 1 N–H and O–H groups in total. The molecule has 31 heavy (non-hydrogen) atoms. The highest BCUT2D eigenvalue weighted by atomic mass is 32.2. The summed E-state index contributed by atoms with van der Waals surface area (Å²) in [5, 5.41) is 0.727. The highest BCUT2D eigenvalue weighted by molar-refractivity contribution is 7.98. The minimum absolute atomic E-state index is 0.0161. The van der Waals surface area contributed by atoms with Crippen LogP contribution in [0.3, 0.4) is 0 Å². The summed E-state index contributed by atoms with van der Waals surface area (Å²) in [6, 6.07) is 8.81. The Balaban J connectivity index is 1.60. The van der Waals surface area contributed by atoms with Crippen LogP contribution in [0.1, 0.15) is 35.7 Å². The molecule has 0 aliphatic carbocycles. The smallest absolute Gasteiger partial charge is 0.256 e. The van der Waals surface area contributed by atoms with Gasteiger partial charge in [-0.2, -0.15) is 0 Å². The number of hydrogen-bond donors (Lipinski definition) is 1. The molecule has 0 atom stereocenters. The lowest BCUT2D eigenvalue weighted by molar-refractivity contribution is 0.0687. The van der Waals surface area contributed by atoms with E-state index in [0.717, 1.165) is 29.9 Å². The molecule has 0 bridgehead atoms. The van der Waals surface area contributed by atoms with Crippen molar-refractivity contribution in [3.8, 4) is 5.75 Å². The highest BCUT2D eigenvalue weighted by Crippen LogP contribution is 2.26. The molecule has 0 unspecified atom stereocenters. The zero-order chi connectivity index (χ0) is 22.4. The minimum Gasteiger partial charge on any atom is -0.495 e. The number of nitrogens with zero attached hydrogens (tertiary/aromatic N) is 2. The number of amides is 1. The van der Waals surface area contributed by atoms with Gasteiger partial charge in [-0.25, -0.2) is 18.1 Å². The van der Waals surface area contributed by atoms with Crippen LogP contribution in [-0.4, -0.2) is 57.2 Å². The first-order valence-corrected chi connectivity index (χ1v) is 13.0. The number of ether oxygens (including phenoxy) is 1. The summed E-state index contributed by atoms with van der Waals surface area (Å²) in [5.74, 6) is 0.497. The maximum Gasteiger partial charge on any atom is 0.256 e. The van der Waals surface area contributed by atoms with Crippen LogP contribution in [0.25, 0.3) is 0 Å². The van der Waals surface area contributed by atoms with Crippen LogP contribution in [0, 0.1) is 5.92 Å². The Labute approximate surface area is 188 Å². The van der Waals surface area contributed by atoms with Crippen molar-refractivity contribution in [2.24, 2.45) is 5.92 Å². The van der Waals surface area contributed by atoms with Crippen LogP contribution in [0.2, 0.25) is 0 Å². The zero-order valence-corrected chi connectivity index (χ0v) is 19.8. The standard InChI is InChI=1S/C22H29N3O4S2/c1-4-16-7-8-19(29-2)20(14-16)31(27,28)24-15-17-9-12-25(13-10-17)22(26)18-6-5-11-23-21(18)30-3/h5-8,11,14,17,24H,4,9-10,12-13,15H2,1-3H3. The number of carbonyl (C=O) groups excluding carboxylic acids is 1.